The van der Waals surface area contributed by atoms with E-state index in [9.17, 15) is 9.59 Å². The topological polar surface area (TPSA) is 67.9 Å². The number of halogens is 1. The molecule has 32 heavy (non-hydrogen) atoms. The van der Waals surface area contributed by atoms with Crippen molar-refractivity contribution < 1.29 is 19.1 Å². The van der Waals surface area contributed by atoms with Crippen LogP contribution in [-0.2, 0) is 17.9 Å². The Kier molecular flexibility index (Phi) is 6.56. The van der Waals surface area contributed by atoms with Crippen LogP contribution < -0.4 is 14.8 Å². The number of ether oxygens (including phenoxy) is 2. The molecule has 1 N–H and O–H groups in total. The molecule has 3 aromatic carbocycles. The number of benzene rings is 3. The largest absolute Gasteiger partial charge is 0.493 e. The fraction of sp³-hybridized carbons (Fsp3) is 0.120. The van der Waals surface area contributed by atoms with E-state index in [4.69, 9.17) is 9.47 Å². The van der Waals surface area contributed by atoms with Crippen molar-refractivity contribution >= 4 is 33.9 Å². The predicted octanol–water partition coefficient (Wildman–Crippen LogP) is 5.13. The van der Waals surface area contributed by atoms with Crippen LogP contribution in [0.25, 0.3) is 6.08 Å². The van der Waals surface area contributed by atoms with Gasteiger partial charge in [-0.05, 0) is 47.0 Å². The van der Waals surface area contributed by atoms with Crippen molar-refractivity contribution in [3.63, 3.8) is 0 Å². The maximum atomic E-state index is 12.8. The van der Waals surface area contributed by atoms with Gasteiger partial charge in [-0.2, -0.15) is 0 Å². The number of carbonyl (C=O) groups is 2. The molecule has 1 saturated heterocycles. The minimum absolute atomic E-state index is 0.198. The van der Waals surface area contributed by atoms with Gasteiger partial charge in [0.05, 0.1) is 13.7 Å². The molecule has 0 unspecified atom stereocenters. The van der Waals surface area contributed by atoms with Crippen LogP contribution in [0.15, 0.2) is 83.0 Å². The Morgan fingerprint density at radius 2 is 1.69 bits per heavy atom. The summed E-state index contributed by atoms with van der Waals surface area (Å²) in [5.41, 5.74) is 2.81. The molecule has 1 heterocycles. The van der Waals surface area contributed by atoms with Crippen molar-refractivity contribution in [2.45, 2.75) is 13.2 Å². The molecule has 7 heteroatoms. The molecule has 0 spiro atoms. The van der Waals surface area contributed by atoms with E-state index in [1.54, 1.807) is 31.4 Å². The summed E-state index contributed by atoms with van der Waals surface area (Å²) >= 11 is 3.38. The van der Waals surface area contributed by atoms with Crippen LogP contribution in [0.1, 0.15) is 16.7 Å². The third-order valence-corrected chi connectivity index (χ3v) is 5.48. The van der Waals surface area contributed by atoms with Crippen molar-refractivity contribution in [3.05, 3.63) is 99.7 Å². The Balaban J connectivity index is 1.51. The first-order valence-corrected chi connectivity index (χ1v) is 10.8. The summed E-state index contributed by atoms with van der Waals surface area (Å²) in [4.78, 5) is 26.4. The van der Waals surface area contributed by atoms with Gasteiger partial charge in [0.25, 0.3) is 5.91 Å². The highest BCUT2D eigenvalue weighted by molar-refractivity contribution is 9.10. The smallest absolute Gasteiger partial charge is 0.329 e. The number of methoxy groups -OCH3 is 1. The number of nitrogens with one attached hydrogen (secondary N) is 1. The van der Waals surface area contributed by atoms with Crippen molar-refractivity contribution in [3.8, 4) is 11.5 Å². The molecule has 0 aliphatic carbocycles. The maximum absolute atomic E-state index is 12.8. The van der Waals surface area contributed by atoms with Crippen molar-refractivity contribution in [1.29, 1.82) is 0 Å². The number of hydrogen-bond acceptors (Lipinski definition) is 4. The summed E-state index contributed by atoms with van der Waals surface area (Å²) in [5, 5.41) is 2.66. The first-order chi connectivity index (χ1) is 15.5. The highest BCUT2D eigenvalue weighted by Gasteiger charge is 2.33. The molecular weight excluding hydrogens is 472 g/mol. The fourth-order valence-corrected chi connectivity index (χ4v) is 3.55. The van der Waals surface area contributed by atoms with E-state index in [-0.39, 0.29) is 18.1 Å². The van der Waals surface area contributed by atoms with E-state index in [2.05, 4.69) is 21.2 Å². The van der Waals surface area contributed by atoms with E-state index in [1.165, 1.54) is 4.90 Å². The van der Waals surface area contributed by atoms with Gasteiger partial charge in [-0.15, -0.1) is 0 Å². The molecular formula is C25H21BrN2O4. The highest BCUT2D eigenvalue weighted by Crippen LogP contribution is 2.30. The average molecular weight is 493 g/mol. The standard InChI is InChI=1S/C25H21BrN2O4/c1-31-22-12-9-19(14-23(22)32-16-18-5-3-2-4-6-18)13-21-24(29)28(25(30)27-21)15-17-7-10-20(26)11-8-17/h2-14H,15-16H2,1H3,(H,27,30). The Labute approximate surface area is 194 Å². The molecule has 3 amide bonds. The van der Waals surface area contributed by atoms with Crippen molar-refractivity contribution in [1.82, 2.24) is 10.2 Å². The summed E-state index contributed by atoms with van der Waals surface area (Å²) in [6.45, 7) is 0.581. The van der Waals surface area contributed by atoms with Crippen LogP contribution in [0.3, 0.4) is 0 Å². The van der Waals surface area contributed by atoms with Crippen molar-refractivity contribution in [2.75, 3.05) is 7.11 Å². The fourth-order valence-electron chi connectivity index (χ4n) is 3.29. The second-order valence-corrected chi connectivity index (χ2v) is 8.11. The molecule has 1 aliphatic heterocycles. The molecule has 3 aromatic rings. The monoisotopic (exact) mass is 492 g/mol. The zero-order valence-electron chi connectivity index (χ0n) is 17.4. The normalized spacial score (nSPS) is 14.6. The number of hydrogen-bond donors (Lipinski definition) is 1. The molecule has 0 atom stereocenters. The van der Waals surface area contributed by atoms with Crippen LogP contribution in [0.2, 0.25) is 0 Å². The van der Waals surface area contributed by atoms with E-state index in [0.29, 0.717) is 23.7 Å². The Bertz CT molecular complexity index is 1160. The van der Waals surface area contributed by atoms with Gasteiger partial charge in [-0.25, -0.2) is 4.79 Å². The first kappa shape index (κ1) is 21.6. The Morgan fingerprint density at radius 1 is 0.938 bits per heavy atom. The molecule has 1 aliphatic rings. The van der Waals surface area contributed by atoms with Crippen molar-refractivity contribution in [2.24, 2.45) is 0 Å². The SMILES string of the molecule is COc1ccc(C=C2NC(=O)N(Cc3ccc(Br)cc3)C2=O)cc1OCc1ccccc1. The minimum Gasteiger partial charge on any atom is -0.493 e. The summed E-state index contributed by atoms with van der Waals surface area (Å²) in [5.74, 6) is 0.761. The third-order valence-electron chi connectivity index (χ3n) is 4.95. The molecule has 162 valence electrons. The zero-order chi connectivity index (χ0) is 22.5. The molecule has 0 bridgehead atoms. The van der Waals surface area contributed by atoms with Gasteiger partial charge in [-0.3, -0.25) is 9.69 Å². The second-order valence-electron chi connectivity index (χ2n) is 7.19. The Morgan fingerprint density at radius 3 is 2.41 bits per heavy atom. The predicted molar refractivity (Wildman–Crippen MR) is 125 cm³/mol. The minimum atomic E-state index is -0.446. The quantitative estimate of drug-likeness (QED) is 0.366. The highest BCUT2D eigenvalue weighted by atomic mass is 79.9. The number of rotatable bonds is 7. The lowest BCUT2D eigenvalue weighted by Crippen LogP contribution is -2.30. The number of carbonyl (C=O) groups excluding carboxylic acids is 2. The summed E-state index contributed by atoms with van der Waals surface area (Å²) in [6.07, 6.45) is 1.64. The van der Waals surface area contributed by atoms with Gasteiger partial charge in [0.1, 0.15) is 12.3 Å². The number of imide groups is 1. The lowest BCUT2D eigenvalue weighted by molar-refractivity contribution is -0.123. The van der Waals surface area contributed by atoms with E-state index in [1.807, 2.05) is 54.6 Å². The van der Waals surface area contributed by atoms with Gasteiger partial charge >= 0.3 is 6.03 Å². The van der Waals surface area contributed by atoms with Gasteiger partial charge in [-0.1, -0.05) is 64.5 Å². The number of urea groups is 1. The summed E-state index contributed by atoms with van der Waals surface area (Å²) < 4.78 is 12.3. The van der Waals surface area contributed by atoms with Crippen LogP contribution in [-0.4, -0.2) is 23.9 Å². The molecule has 0 radical (unpaired) electrons. The lowest BCUT2D eigenvalue weighted by atomic mass is 10.1. The molecule has 0 aromatic heterocycles. The van der Waals surface area contributed by atoms with E-state index in [0.717, 1.165) is 15.6 Å². The lowest BCUT2D eigenvalue weighted by Gasteiger charge is -2.12. The van der Waals surface area contributed by atoms with Crippen LogP contribution in [0.4, 0.5) is 4.79 Å². The van der Waals surface area contributed by atoms with Crippen LogP contribution in [0.5, 0.6) is 11.5 Å². The van der Waals surface area contributed by atoms with Crippen LogP contribution in [0, 0.1) is 0 Å². The van der Waals surface area contributed by atoms with Gasteiger partial charge < -0.3 is 14.8 Å². The third kappa shape index (κ3) is 5.00. The molecule has 6 nitrogen and oxygen atoms in total. The first-order valence-electron chi connectivity index (χ1n) is 9.97. The van der Waals surface area contributed by atoms with E-state index >= 15 is 0 Å². The summed E-state index contributed by atoms with van der Waals surface area (Å²) in [7, 11) is 1.57. The maximum Gasteiger partial charge on any atom is 0.329 e. The van der Waals surface area contributed by atoms with Gasteiger partial charge in [0.15, 0.2) is 11.5 Å². The van der Waals surface area contributed by atoms with E-state index < -0.39 is 6.03 Å². The van der Waals surface area contributed by atoms with Gasteiger partial charge in [0, 0.05) is 4.47 Å². The molecule has 0 saturated carbocycles. The molecule has 1 fully saturated rings. The average Bonchev–Trinajstić information content (AvgIpc) is 3.07. The summed E-state index contributed by atoms with van der Waals surface area (Å²) in [6, 6.07) is 22.2. The second kappa shape index (κ2) is 9.70. The zero-order valence-corrected chi connectivity index (χ0v) is 19.0. The Hall–Kier alpha value is -3.58. The number of amides is 3. The molecule has 4 rings (SSSR count). The van der Waals surface area contributed by atoms with Crippen LogP contribution >= 0.6 is 15.9 Å². The van der Waals surface area contributed by atoms with Gasteiger partial charge in [0.2, 0.25) is 0 Å². The number of nitrogens with zero attached hydrogens (tertiary/aromatic N) is 1.